The first-order chi connectivity index (χ1) is 10.2. The molecular weight excluding hydrogens is 294 g/mol. The number of hydrogen-bond donors (Lipinski definition) is 1. The Morgan fingerprint density at radius 1 is 1.43 bits per heavy atom. The Labute approximate surface area is 127 Å². The highest BCUT2D eigenvalue weighted by Gasteiger charge is 2.13. The van der Waals surface area contributed by atoms with Gasteiger partial charge in [0.2, 0.25) is 0 Å². The minimum absolute atomic E-state index is 0.171. The second-order valence-electron chi connectivity index (χ2n) is 4.45. The fraction of sp³-hybridized carbons (Fsp3) is 0.429. The van der Waals surface area contributed by atoms with Crippen LogP contribution in [0.25, 0.3) is 11.0 Å². The van der Waals surface area contributed by atoms with Crippen molar-refractivity contribution < 1.29 is 14.3 Å². The molecule has 1 aromatic carbocycles. The molecule has 21 heavy (non-hydrogen) atoms. The minimum atomic E-state index is -0.793. The van der Waals surface area contributed by atoms with Crippen LogP contribution < -0.4 is 10.5 Å². The number of para-hydroxylation sites is 1. The Balaban J connectivity index is 2.32. The predicted molar refractivity (Wildman–Crippen MR) is 80.6 cm³/mol. The van der Waals surface area contributed by atoms with Gasteiger partial charge in [-0.2, -0.15) is 0 Å². The highest BCUT2D eigenvalue weighted by Crippen LogP contribution is 2.26. The number of ether oxygens (including phenoxy) is 2. The van der Waals surface area contributed by atoms with Gasteiger partial charge in [0.05, 0.1) is 24.5 Å². The molecule has 0 spiro atoms. The standard InChI is InChI=1S/C14H18ClN3O3/c1-2-7-20-11-5-3-4-10-13(11)17-12(9-15)18(10)6-8-21-14(16)19/h3-5H,2,6-9H2,1H3,(H2,16,19). The lowest BCUT2D eigenvalue weighted by Gasteiger charge is -2.08. The van der Waals surface area contributed by atoms with Gasteiger partial charge in [0.1, 0.15) is 23.7 Å². The lowest BCUT2D eigenvalue weighted by molar-refractivity contribution is 0.152. The summed E-state index contributed by atoms with van der Waals surface area (Å²) in [6.07, 6.45) is 0.130. The highest BCUT2D eigenvalue weighted by atomic mass is 35.5. The normalized spacial score (nSPS) is 10.8. The summed E-state index contributed by atoms with van der Waals surface area (Å²) in [5, 5.41) is 0. The maximum Gasteiger partial charge on any atom is 0.404 e. The number of hydrogen-bond acceptors (Lipinski definition) is 4. The van der Waals surface area contributed by atoms with E-state index in [1.807, 2.05) is 29.7 Å². The smallest absolute Gasteiger partial charge is 0.404 e. The third-order valence-electron chi connectivity index (χ3n) is 2.96. The molecule has 1 aromatic heterocycles. The SMILES string of the molecule is CCCOc1cccc2c1nc(CCl)n2CCOC(N)=O. The van der Waals surface area contributed by atoms with Crippen molar-refractivity contribution in [3.8, 4) is 5.75 Å². The number of nitrogens with zero attached hydrogens (tertiary/aromatic N) is 2. The van der Waals surface area contributed by atoms with Crippen molar-refractivity contribution in [1.82, 2.24) is 9.55 Å². The van der Waals surface area contributed by atoms with Gasteiger partial charge in [-0.25, -0.2) is 9.78 Å². The minimum Gasteiger partial charge on any atom is -0.491 e. The van der Waals surface area contributed by atoms with Crippen molar-refractivity contribution in [1.29, 1.82) is 0 Å². The van der Waals surface area contributed by atoms with E-state index in [9.17, 15) is 4.79 Å². The molecule has 6 nitrogen and oxygen atoms in total. The molecule has 0 aliphatic heterocycles. The number of benzene rings is 1. The number of rotatable bonds is 7. The molecule has 0 saturated heterocycles. The van der Waals surface area contributed by atoms with Gasteiger partial charge in [0, 0.05) is 0 Å². The number of imidazole rings is 1. The van der Waals surface area contributed by atoms with Gasteiger partial charge < -0.3 is 19.8 Å². The van der Waals surface area contributed by atoms with Crippen LogP contribution >= 0.6 is 11.6 Å². The molecule has 0 saturated carbocycles. The van der Waals surface area contributed by atoms with Crippen LogP contribution in [0.4, 0.5) is 4.79 Å². The molecule has 7 heteroatoms. The Morgan fingerprint density at radius 3 is 2.90 bits per heavy atom. The zero-order valence-electron chi connectivity index (χ0n) is 11.8. The van der Waals surface area contributed by atoms with E-state index in [4.69, 9.17) is 26.8 Å². The fourth-order valence-corrected chi connectivity index (χ4v) is 2.29. The largest absolute Gasteiger partial charge is 0.491 e. The van der Waals surface area contributed by atoms with Gasteiger partial charge in [-0.15, -0.1) is 11.6 Å². The number of nitrogens with two attached hydrogens (primary N) is 1. The molecule has 0 fully saturated rings. The van der Waals surface area contributed by atoms with Crippen LogP contribution in [0.1, 0.15) is 19.2 Å². The summed E-state index contributed by atoms with van der Waals surface area (Å²) < 4.78 is 12.4. The number of alkyl halides is 1. The van der Waals surface area contributed by atoms with Crippen molar-refractivity contribution in [2.45, 2.75) is 25.8 Å². The molecule has 2 N–H and O–H groups in total. The van der Waals surface area contributed by atoms with E-state index in [0.717, 1.165) is 23.2 Å². The molecule has 2 aromatic rings. The first-order valence-corrected chi connectivity index (χ1v) is 7.30. The predicted octanol–water partition coefficient (Wildman–Crippen LogP) is 2.66. The van der Waals surface area contributed by atoms with Gasteiger partial charge >= 0.3 is 6.09 Å². The molecule has 0 bridgehead atoms. The summed E-state index contributed by atoms with van der Waals surface area (Å²) in [6, 6.07) is 5.72. The number of amides is 1. The Kier molecular flexibility index (Phi) is 5.27. The Morgan fingerprint density at radius 2 is 2.24 bits per heavy atom. The van der Waals surface area contributed by atoms with Crippen LogP contribution in [0, 0.1) is 0 Å². The van der Waals surface area contributed by atoms with Gasteiger partial charge in [0.25, 0.3) is 0 Å². The molecule has 0 radical (unpaired) electrons. The van der Waals surface area contributed by atoms with Gasteiger partial charge in [0.15, 0.2) is 0 Å². The summed E-state index contributed by atoms with van der Waals surface area (Å²) in [5.41, 5.74) is 6.62. The lowest BCUT2D eigenvalue weighted by atomic mass is 10.3. The molecular formula is C14H18ClN3O3. The van der Waals surface area contributed by atoms with E-state index >= 15 is 0 Å². The third kappa shape index (κ3) is 3.58. The zero-order valence-corrected chi connectivity index (χ0v) is 12.6. The maximum atomic E-state index is 10.6. The van der Waals surface area contributed by atoms with Crippen LogP contribution in [0.15, 0.2) is 18.2 Å². The summed E-state index contributed by atoms with van der Waals surface area (Å²) in [6.45, 7) is 3.29. The van der Waals surface area contributed by atoms with E-state index in [2.05, 4.69) is 4.98 Å². The van der Waals surface area contributed by atoms with Crippen LogP contribution in [0.3, 0.4) is 0 Å². The van der Waals surface area contributed by atoms with E-state index in [0.29, 0.717) is 19.0 Å². The molecule has 1 amide bonds. The van der Waals surface area contributed by atoms with E-state index in [1.54, 1.807) is 0 Å². The van der Waals surface area contributed by atoms with Crippen molar-refractivity contribution in [3.05, 3.63) is 24.0 Å². The van der Waals surface area contributed by atoms with Crippen LogP contribution in [0.2, 0.25) is 0 Å². The first kappa shape index (κ1) is 15.4. The monoisotopic (exact) mass is 311 g/mol. The van der Waals surface area contributed by atoms with E-state index in [-0.39, 0.29) is 12.5 Å². The Bertz CT molecular complexity index is 627. The van der Waals surface area contributed by atoms with Gasteiger partial charge in [-0.3, -0.25) is 0 Å². The molecule has 0 aliphatic rings. The molecule has 0 unspecified atom stereocenters. The summed E-state index contributed by atoms with van der Waals surface area (Å²) in [4.78, 5) is 15.2. The van der Waals surface area contributed by atoms with Crippen molar-refractivity contribution in [2.75, 3.05) is 13.2 Å². The number of carbonyl (C=O) groups is 1. The van der Waals surface area contributed by atoms with E-state index < -0.39 is 6.09 Å². The Hall–Kier alpha value is -1.95. The topological polar surface area (TPSA) is 79.4 Å². The fourth-order valence-electron chi connectivity index (χ4n) is 2.09. The van der Waals surface area contributed by atoms with Crippen LogP contribution in [-0.2, 0) is 17.2 Å². The molecule has 1 heterocycles. The van der Waals surface area contributed by atoms with Gasteiger partial charge in [-0.1, -0.05) is 13.0 Å². The summed E-state index contributed by atoms with van der Waals surface area (Å²) >= 11 is 5.95. The molecule has 0 aliphatic carbocycles. The average molecular weight is 312 g/mol. The number of primary amides is 1. The number of halogens is 1. The molecule has 114 valence electrons. The van der Waals surface area contributed by atoms with Crippen molar-refractivity contribution in [2.24, 2.45) is 5.73 Å². The van der Waals surface area contributed by atoms with Crippen molar-refractivity contribution in [3.63, 3.8) is 0 Å². The summed E-state index contributed by atoms with van der Waals surface area (Å²) in [7, 11) is 0. The lowest BCUT2D eigenvalue weighted by Crippen LogP contribution is -2.17. The number of fused-ring (bicyclic) bond motifs is 1. The second kappa shape index (κ2) is 7.17. The van der Waals surface area contributed by atoms with Crippen LogP contribution in [-0.4, -0.2) is 28.9 Å². The summed E-state index contributed by atoms with van der Waals surface area (Å²) in [5.74, 6) is 1.70. The van der Waals surface area contributed by atoms with Gasteiger partial charge in [-0.05, 0) is 18.6 Å². The number of carbonyl (C=O) groups excluding carboxylic acids is 1. The quantitative estimate of drug-likeness (QED) is 0.797. The average Bonchev–Trinajstić information content (AvgIpc) is 2.83. The highest BCUT2D eigenvalue weighted by molar-refractivity contribution is 6.16. The maximum absolute atomic E-state index is 10.6. The zero-order chi connectivity index (χ0) is 15.2. The van der Waals surface area contributed by atoms with Crippen molar-refractivity contribution >= 4 is 28.7 Å². The first-order valence-electron chi connectivity index (χ1n) is 6.76. The second-order valence-corrected chi connectivity index (χ2v) is 4.72. The molecule has 2 rings (SSSR count). The third-order valence-corrected chi connectivity index (χ3v) is 3.20. The van der Waals surface area contributed by atoms with E-state index in [1.165, 1.54) is 0 Å². The van der Waals surface area contributed by atoms with Crippen LogP contribution in [0.5, 0.6) is 5.75 Å². The molecule has 0 atom stereocenters. The number of aromatic nitrogens is 2.